The zero-order chi connectivity index (χ0) is 15.3. The summed E-state index contributed by atoms with van der Waals surface area (Å²) in [6.45, 7) is 3.88. The van der Waals surface area contributed by atoms with Gasteiger partial charge in [0.1, 0.15) is 9.75 Å². The van der Waals surface area contributed by atoms with E-state index in [4.69, 9.17) is 11.6 Å². The Labute approximate surface area is 135 Å². The smallest absolute Gasteiger partial charge is 0.253 e. The number of carbonyl (C=O) groups is 1. The molecule has 1 aromatic rings. The van der Waals surface area contributed by atoms with Crippen LogP contribution in [0, 0.1) is 0 Å². The van der Waals surface area contributed by atoms with Crippen molar-refractivity contribution in [2.75, 3.05) is 20.1 Å². The van der Waals surface area contributed by atoms with Crippen molar-refractivity contribution in [1.29, 1.82) is 0 Å². The van der Waals surface area contributed by atoms with Gasteiger partial charge in [0, 0.05) is 20.1 Å². The van der Waals surface area contributed by atoms with E-state index in [0.29, 0.717) is 15.4 Å². The molecule has 20 heavy (non-hydrogen) atoms. The molecule has 1 saturated heterocycles. The number of amides is 1. The highest BCUT2D eigenvalue weighted by molar-refractivity contribution is 9.11. The molecule has 0 radical (unpaired) electrons. The molecule has 9 heteroatoms. The minimum absolute atomic E-state index is 0.139. The predicted octanol–water partition coefficient (Wildman–Crippen LogP) is 2.41. The van der Waals surface area contributed by atoms with Crippen LogP contribution in [-0.4, -0.2) is 49.2 Å². The Morgan fingerprint density at radius 3 is 2.50 bits per heavy atom. The fourth-order valence-corrected chi connectivity index (χ4v) is 6.43. The standard InChI is InChI=1S/C11H14BrClN2O3S2/c1-11(2)10(16)14(3)4-5-15(11)20(17,18)8-6-7(13)9(12)19-8/h6H,4-5H2,1-3H3. The highest BCUT2D eigenvalue weighted by atomic mass is 79.9. The van der Waals surface area contributed by atoms with E-state index in [-0.39, 0.29) is 16.7 Å². The zero-order valence-corrected chi connectivity index (χ0v) is 15.2. The van der Waals surface area contributed by atoms with E-state index in [1.165, 1.54) is 10.4 Å². The Hall–Kier alpha value is -0.150. The van der Waals surface area contributed by atoms with E-state index in [1.807, 2.05) is 0 Å². The summed E-state index contributed by atoms with van der Waals surface area (Å²) in [5, 5.41) is 0.354. The maximum Gasteiger partial charge on any atom is 0.253 e. The van der Waals surface area contributed by atoms with E-state index in [2.05, 4.69) is 15.9 Å². The molecular formula is C11H14BrClN2O3S2. The molecule has 1 fully saturated rings. The number of likely N-dealkylation sites (N-methyl/N-ethyl adjacent to an activating group) is 1. The maximum absolute atomic E-state index is 12.7. The number of halogens is 2. The molecule has 0 bridgehead atoms. The van der Waals surface area contributed by atoms with Gasteiger partial charge < -0.3 is 4.90 Å². The number of sulfonamides is 1. The molecular weight excluding hydrogens is 388 g/mol. The van der Waals surface area contributed by atoms with Gasteiger partial charge in [0.25, 0.3) is 10.0 Å². The molecule has 1 aliphatic heterocycles. The van der Waals surface area contributed by atoms with Crippen LogP contribution >= 0.6 is 38.9 Å². The summed E-state index contributed by atoms with van der Waals surface area (Å²) in [6, 6.07) is 1.41. The number of carbonyl (C=O) groups excluding carboxylic acids is 1. The van der Waals surface area contributed by atoms with Crippen LogP contribution in [0.1, 0.15) is 13.8 Å². The molecule has 1 aliphatic rings. The molecule has 0 aromatic carbocycles. The molecule has 1 amide bonds. The lowest BCUT2D eigenvalue weighted by molar-refractivity contribution is -0.142. The summed E-state index contributed by atoms with van der Waals surface area (Å²) in [4.78, 5) is 13.7. The van der Waals surface area contributed by atoms with Crippen molar-refractivity contribution in [2.45, 2.75) is 23.6 Å². The second-order valence-corrected chi connectivity index (χ2v) is 9.92. The Balaban J connectivity index is 2.46. The van der Waals surface area contributed by atoms with E-state index in [1.54, 1.807) is 25.8 Å². The topological polar surface area (TPSA) is 57.7 Å². The molecule has 1 aromatic heterocycles. The van der Waals surface area contributed by atoms with Crippen molar-refractivity contribution in [3.63, 3.8) is 0 Å². The summed E-state index contributed by atoms with van der Waals surface area (Å²) in [5.74, 6) is -0.214. The van der Waals surface area contributed by atoms with Crippen LogP contribution in [0.5, 0.6) is 0 Å². The number of rotatable bonds is 2. The Morgan fingerprint density at radius 1 is 1.40 bits per heavy atom. The summed E-state index contributed by atoms with van der Waals surface area (Å²) in [6.07, 6.45) is 0. The van der Waals surface area contributed by atoms with Gasteiger partial charge >= 0.3 is 0 Å². The first-order chi connectivity index (χ1) is 9.08. The van der Waals surface area contributed by atoms with Crippen LogP contribution in [0.4, 0.5) is 0 Å². The second kappa shape index (κ2) is 5.24. The highest BCUT2D eigenvalue weighted by Crippen LogP contribution is 2.38. The van der Waals surface area contributed by atoms with E-state index >= 15 is 0 Å². The van der Waals surface area contributed by atoms with Gasteiger partial charge in [-0.25, -0.2) is 8.42 Å². The third-order valence-corrected chi connectivity index (χ3v) is 8.30. The van der Waals surface area contributed by atoms with Crippen molar-refractivity contribution in [2.24, 2.45) is 0 Å². The van der Waals surface area contributed by atoms with Crippen molar-refractivity contribution >= 4 is 54.8 Å². The molecule has 5 nitrogen and oxygen atoms in total. The quantitative estimate of drug-likeness (QED) is 0.764. The Bertz CT molecular complexity index is 637. The normalized spacial score (nSPS) is 20.4. The van der Waals surface area contributed by atoms with Crippen molar-refractivity contribution in [1.82, 2.24) is 9.21 Å². The minimum Gasteiger partial charge on any atom is -0.343 e. The fourth-order valence-electron chi connectivity index (χ4n) is 2.18. The van der Waals surface area contributed by atoms with Crippen molar-refractivity contribution in [3.8, 4) is 0 Å². The lowest BCUT2D eigenvalue weighted by atomic mass is 10.0. The molecule has 0 N–H and O–H groups in total. The fraction of sp³-hybridized carbons (Fsp3) is 0.545. The minimum atomic E-state index is -3.74. The van der Waals surface area contributed by atoms with Crippen LogP contribution in [0.2, 0.25) is 5.02 Å². The number of nitrogens with zero attached hydrogens (tertiary/aromatic N) is 2. The van der Waals surface area contributed by atoms with E-state index in [0.717, 1.165) is 11.3 Å². The van der Waals surface area contributed by atoms with Gasteiger partial charge in [-0.15, -0.1) is 11.3 Å². The second-order valence-electron chi connectivity index (χ2n) is 5.05. The van der Waals surface area contributed by atoms with E-state index < -0.39 is 15.6 Å². The van der Waals surface area contributed by atoms with Crippen molar-refractivity contribution in [3.05, 3.63) is 14.9 Å². The largest absolute Gasteiger partial charge is 0.343 e. The van der Waals surface area contributed by atoms with Crippen LogP contribution < -0.4 is 0 Å². The van der Waals surface area contributed by atoms with Gasteiger partial charge in [-0.05, 0) is 35.8 Å². The maximum atomic E-state index is 12.7. The van der Waals surface area contributed by atoms with Crippen LogP contribution in [0.25, 0.3) is 0 Å². The van der Waals surface area contributed by atoms with Gasteiger partial charge in [-0.3, -0.25) is 4.79 Å². The molecule has 0 unspecified atom stereocenters. The van der Waals surface area contributed by atoms with Gasteiger partial charge in [0.2, 0.25) is 5.91 Å². The van der Waals surface area contributed by atoms with Gasteiger partial charge in [0.15, 0.2) is 0 Å². The number of hydrogen-bond donors (Lipinski definition) is 0. The van der Waals surface area contributed by atoms with E-state index in [9.17, 15) is 13.2 Å². The first-order valence-electron chi connectivity index (χ1n) is 5.81. The average molecular weight is 402 g/mol. The number of hydrogen-bond acceptors (Lipinski definition) is 4. The highest BCUT2D eigenvalue weighted by Gasteiger charge is 2.47. The summed E-state index contributed by atoms with van der Waals surface area (Å²) in [7, 11) is -2.06. The lowest BCUT2D eigenvalue weighted by Crippen LogP contribution is -2.63. The molecule has 2 rings (SSSR count). The Kier molecular flexibility index (Phi) is 4.25. The van der Waals surface area contributed by atoms with Gasteiger partial charge in [-0.2, -0.15) is 4.31 Å². The molecule has 112 valence electrons. The molecule has 2 heterocycles. The monoisotopic (exact) mass is 400 g/mol. The predicted molar refractivity (Wildman–Crippen MR) is 82.6 cm³/mol. The van der Waals surface area contributed by atoms with Gasteiger partial charge in [0.05, 0.1) is 8.81 Å². The Morgan fingerprint density at radius 2 is 2.00 bits per heavy atom. The SMILES string of the molecule is CN1CCN(S(=O)(=O)c2cc(Cl)c(Br)s2)C(C)(C)C1=O. The first kappa shape index (κ1) is 16.2. The summed E-state index contributed by atoms with van der Waals surface area (Å²) >= 11 is 10.2. The number of piperazine rings is 1. The third-order valence-electron chi connectivity index (χ3n) is 3.30. The number of thiophene rings is 1. The lowest BCUT2D eigenvalue weighted by Gasteiger charge is -2.43. The third kappa shape index (κ3) is 2.52. The summed E-state index contributed by atoms with van der Waals surface area (Å²) < 4.78 is 27.4. The molecule has 0 saturated carbocycles. The van der Waals surface area contributed by atoms with Crippen molar-refractivity contribution < 1.29 is 13.2 Å². The molecule has 0 spiro atoms. The average Bonchev–Trinajstić information content (AvgIpc) is 2.67. The first-order valence-corrected chi connectivity index (χ1v) is 9.24. The van der Waals surface area contributed by atoms with Crippen LogP contribution in [-0.2, 0) is 14.8 Å². The van der Waals surface area contributed by atoms with Crippen LogP contribution in [0.15, 0.2) is 14.1 Å². The molecule has 0 aliphatic carbocycles. The summed E-state index contributed by atoms with van der Waals surface area (Å²) in [5.41, 5.74) is -1.10. The van der Waals surface area contributed by atoms with Crippen LogP contribution in [0.3, 0.4) is 0 Å². The zero-order valence-electron chi connectivity index (χ0n) is 11.2. The molecule has 0 atom stereocenters. The van der Waals surface area contributed by atoms with Gasteiger partial charge in [-0.1, -0.05) is 11.6 Å².